The molecule has 0 spiro atoms. The predicted molar refractivity (Wildman–Crippen MR) is 55.3 cm³/mol. The van der Waals surface area contributed by atoms with Gasteiger partial charge in [0.05, 0.1) is 12.8 Å². The summed E-state index contributed by atoms with van der Waals surface area (Å²) in [7, 11) is 1.36. The standard InChI is InChI=1S/C11H11NO3/c1-15-11(14)12-5-4-9-6-8(7-13)2-3-10(9)12/h2-3,6-7H,4-5H2,1H3. The number of hydrogen-bond acceptors (Lipinski definition) is 3. The van der Waals surface area contributed by atoms with Gasteiger partial charge < -0.3 is 4.74 Å². The minimum absolute atomic E-state index is 0.354. The Balaban J connectivity index is 2.36. The number of carbonyl (C=O) groups is 2. The highest BCUT2D eigenvalue weighted by Gasteiger charge is 2.24. The van der Waals surface area contributed by atoms with E-state index < -0.39 is 0 Å². The van der Waals surface area contributed by atoms with E-state index in [-0.39, 0.29) is 6.09 Å². The van der Waals surface area contributed by atoms with E-state index in [0.29, 0.717) is 12.1 Å². The Labute approximate surface area is 87.4 Å². The van der Waals surface area contributed by atoms with Gasteiger partial charge in [-0.15, -0.1) is 0 Å². The van der Waals surface area contributed by atoms with Crippen molar-refractivity contribution in [2.24, 2.45) is 0 Å². The summed E-state index contributed by atoms with van der Waals surface area (Å²) in [6.07, 6.45) is 1.22. The Morgan fingerprint density at radius 2 is 2.33 bits per heavy atom. The maximum absolute atomic E-state index is 11.4. The van der Waals surface area contributed by atoms with Crippen molar-refractivity contribution in [1.29, 1.82) is 0 Å². The first kappa shape index (κ1) is 9.71. The second-order valence-electron chi connectivity index (χ2n) is 3.38. The molecule has 2 rings (SSSR count). The largest absolute Gasteiger partial charge is 0.452 e. The van der Waals surface area contributed by atoms with E-state index in [4.69, 9.17) is 0 Å². The maximum Gasteiger partial charge on any atom is 0.414 e. The lowest BCUT2D eigenvalue weighted by atomic mass is 10.1. The topological polar surface area (TPSA) is 46.6 Å². The molecule has 0 bridgehead atoms. The van der Waals surface area contributed by atoms with E-state index in [1.54, 1.807) is 17.0 Å². The van der Waals surface area contributed by atoms with Gasteiger partial charge in [0.1, 0.15) is 6.29 Å². The number of anilines is 1. The minimum atomic E-state index is -0.354. The molecule has 0 saturated carbocycles. The highest BCUT2D eigenvalue weighted by molar-refractivity contribution is 5.91. The zero-order chi connectivity index (χ0) is 10.8. The van der Waals surface area contributed by atoms with E-state index in [1.807, 2.05) is 6.07 Å². The van der Waals surface area contributed by atoms with Crippen molar-refractivity contribution in [3.05, 3.63) is 29.3 Å². The first-order chi connectivity index (χ1) is 7.26. The maximum atomic E-state index is 11.4. The zero-order valence-electron chi connectivity index (χ0n) is 8.40. The lowest BCUT2D eigenvalue weighted by molar-refractivity contribution is 0.112. The summed E-state index contributed by atoms with van der Waals surface area (Å²) in [6.45, 7) is 0.615. The lowest BCUT2D eigenvalue weighted by Gasteiger charge is -2.14. The molecule has 0 aliphatic carbocycles. The molecule has 0 unspecified atom stereocenters. The SMILES string of the molecule is COC(=O)N1CCc2cc(C=O)ccc21. The first-order valence-corrected chi connectivity index (χ1v) is 4.70. The molecule has 0 fully saturated rings. The van der Waals surface area contributed by atoms with Gasteiger partial charge in [-0.2, -0.15) is 0 Å². The Kier molecular flexibility index (Phi) is 2.41. The van der Waals surface area contributed by atoms with E-state index in [0.717, 1.165) is 24.0 Å². The molecule has 0 radical (unpaired) electrons. The fourth-order valence-corrected chi connectivity index (χ4v) is 1.79. The number of aldehydes is 1. The number of carbonyl (C=O) groups excluding carboxylic acids is 2. The molecule has 1 aliphatic rings. The van der Waals surface area contributed by atoms with E-state index in [1.165, 1.54) is 7.11 Å². The van der Waals surface area contributed by atoms with Gasteiger partial charge in [0.2, 0.25) is 0 Å². The molecule has 0 atom stereocenters. The van der Waals surface area contributed by atoms with Gasteiger partial charge in [-0.1, -0.05) is 0 Å². The van der Waals surface area contributed by atoms with Crippen LogP contribution in [-0.2, 0) is 11.2 Å². The molecule has 1 amide bonds. The zero-order valence-corrected chi connectivity index (χ0v) is 8.40. The molecule has 0 saturated heterocycles. The molecule has 15 heavy (non-hydrogen) atoms. The van der Waals surface area contributed by atoms with Crippen LogP contribution >= 0.6 is 0 Å². The molecule has 1 aliphatic heterocycles. The van der Waals surface area contributed by atoms with E-state index in [9.17, 15) is 9.59 Å². The third-order valence-electron chi connectivity index (χ3n) is 2.53. The van der Waals surface area contributed by atoms with E-state index in [2.05, 4.69) is 4.74 Å². The molecular weight excluding hydrogens is 194 g/mol. The first-order valence-electron chi connectivity index (χ1n) is 4.70. The number of benzene rings is 1. The lowest BCUT2D eigenvalue weighted by Crippen LogP contribution is -2.28. The van der Waals surface area contributed by atoms with Crippen LogP contribution in [0.25, 0.3) is 0 Å². The average molecular weight is 205 g/mol. The van der Waals surface area contributed by atoms with Crippen LogP contribution in [-0.4, -0.2) is 26.0 Å². The number of amides is 1. The molecule has 1 heterocycles. The van der Waals surface area contributed by atoms with Crippen molar-refractivity contribution in [2.45, 2.75) is 6.42 Å². The number of ether oxygens (including phenoxy) is 1. The van der Waals surface area contributed by atoms with Crippen LogP contribution in [0.3, 0.4) is 0 Å². The Morgan fingerprint density at radius 3 is 3.00 bits per heavy atom. The smallest absolute Gasteiger partial charge is 0.414 e. The molecule has 4 nitrogen and oxygen atoms in total. The Hall–Kier alpha value is -1.84. The molecule has 78 valence electrons. The van der Waals surface area contributed by atoms with Crippen molar-refractivity contribution in [3.8, 4) is 0 Å². The summed E-state index contributed by atoms with van der Waals surface area (Å²) in [5.41, 5.74) is 2.50. The molecular formula is C11H11NO3. The summed E-state index contributed by atoms with van der Waals surface area (Å²) in [5.74, 6) is 0. The highest BCUT2D eigenvalue weighted by atomic mass is 16.5. The average Bonchev–Trinajstić information content (AvgIpc) is 2.70. The predicted octanol–water partition coefficient (Wildman–Crippen LogP) is 1.63. The van der Waals surface area contributed by atoms with Crippen LogP contribution in [0, 0.1) is 0 Å². The molecule has 0 aromatic heterocycles. The van der Waals surface area contributed by atoms with Crippen LogP contribution in [0.5, 0.6) is 0 Å². The number of rotatable bonds is 1. The fraction of sp³-hybridized carbons (Fsp3) is 0.273. The third kappa shape index (κ3) is 1.58. The van der Waals surface area contributed by atoms with Gasteiger partial charge in [0.25, 0.3) is 0 Å². The van der Waals surface area contributed by atoms with Crippen molar-refractivity contribution in [1.82, 2.24) is 0 Å². The minimum Gasteiger partial charge on any atom is -0.452 e. The number of hydrogen-bond donors (Lipinski definition) is 0. The highest BCUT2D eigenvalue weighted by Crippen LogP contribution is 2.28. The fourth-order valence-electron chi connectivity index (χ4n) is 1.79. The van der Waals surface area contributed by atoms with Gasteiger partial charge in [0, 0.05) is 12.1 Å². The third-order valence-corrected chi connectivity index (χ3v) is 2.53. The van der Waals surface area contributed by atoms with Crippen LogP contribution in [0.15, 0.2) is 18.2 Å². The van der Waals surface area contributed by atoms with Crippen molar-refractivity contribution in [2.75, 3.05) is 18.6 Å². The van der Waals surface area contributed by atoms with Crippen molar-refractivity contribution in [3.63, 3.8) is 0 Å². The van der Waals surface area contributed by atoms with Gasteiger partial charge in [0.15, 0.2) is 0 Å². The normalized spacial score (nSPS) is 13.5. The molecule has 0 N–H and O–H groups in total. The second-order valence-corrected chi connectivity index (χ2v) is 3.38. The molecule has 1 aromatic rings. The van der Waals surface area contributed by atoms with Gasteiger partial charge in [-0.05, 0) is 30.2 Å². The number of nitrogens with zero attached hydrogens (tertiary/aromatic N) is 1. The number of methoxy groups -OCH3 is 1. The quantitative estimate of drug-likeness (QED) is 0.654. The van der Waals surface area contributed by atoms with Gasteiger partial charge in [-0.3, -0.25) is 9.69 Å². The summed E-state index contributed by atoms with van der Waals surface area (Å²) < 4.78 is 4.67. The Morgan fingerprint density at radius 1 is 1.53 bits per heavy atom. The van der Waals surface area contributed by atoms with E-state index >= 15 is 0 Å². The van der Waals surface area contributed by atoms with Gasteiger partial charge in [-0.25, -0.2) is 4.79 Å². The van der Waals surface area contributed by atoms with Crippen molar-refractivity contribution >= 4 is 18.1 Å². The van der Waals surface area contributed by atoms with Crippen LogP contribution in [0.1, 0.15) is 15.9 Å². The molecule has 4 heteroatoms. The van der Waals surface area contributed by atoms with Crippen LogP contribution in [0.4, 0.5) is 10.5 Å². The number of fused-ring (bicyclic) bond motifs is 1. The van der Waals surface area contributed by atoms with Crippen LogP contribution < -0.4 is 4.90 Å². The monoisotopic (exact) mass is 205 g/mol. The summed E-state index contributed by atoms with van der Waals surface area (Å²) in [5, 5.41) is 0. The van der Waals surface area contributed by atoms with Crippen LogP contribution in [0.2, 0.25) is 0 Å². The van der Waals surface area contributed by atoms with Crippen molar-refractivity contribution < 1.29 is 14.3 Å². The summed E-state index contributed by atoms with van der Waals surface area (Å²) in [4.78, 5) is 23.5. The van der Waals surface area contributed by atoms with Gasteiger partial charge >= 0.3 is 6.09 Å². The Bertz CT molecular complexity index is 414. The summed E-state index contributed by atoms with van der Waals surface area (Å²) in [6, 6.07) is 5.29. The summed E-state index contributed by atoms with van der Waals surface area (Å²) >= 11 is 0. The molecule has 1 aromatic carbocycles. The second kappa shape index (κ2) is 3.73.